The minimum absolute atomic E-state index is 0.230. The molecule has 1 aromatic rings. The molecule has 2 rings (SSSR count). The van der Waals surface area contributed by atoms with Gasteiger partial charge in [0, 0.05) is 12.6 Å². The average Bonchev–Trinajstić information content (AvgIpc) is 2.70. The van der Waals surface area contributed by atoms with E-state index in [0.29, 0.717) is 16.1 Å². The van der Waals surface area contributed by atoms with E-state index in [9.17, 15) is 4.79 Å². The fourth-order valence-electron chi connectivity index (χ4n) is 1.78. The van der Waals surface area contributed by atoms with E-state index in [2.05, 4.69) is 20.4 Å². The van der Waals surface area contributed by atoms with E-state index < -0.39 is 5.97 Å². The van der Waals surface area contributed by atoms with Gasteiger partial charge in [0.05, 0.1) is 7.11 Å². The number of carbonyl (C=O) groups excluding carboxylic acids is 1. The second-order valence-corrected chi connectivity index (χ2v) is 4.91. The topological polar surface area (TPSA) is 89.3 Å². The zero-order valence-electron chi connectivity index (χ0n) is 9.66. The van der Waals surface area contributed by atoms with Crippen molar-refractivity contribution in [3.05, 3.63) is 4.88 Å². The van der Waals surface area contributed by atoms with Gasteiger partial charge in [0.15, 0.2) is 15.8 Å². The number of nitrogens with two attached hydrogens (primary N) is 1. The summed E-state index contributed by atoms with van der Waals surface area (Å²) in [6.45, 7) is 1.97. The smallest absolute Gasteiger partial charge is 0.351 e. The zero-order chi connectivity index (χ0) is 12.3. The maximum absolute atomic E-state index is 11.4. The summed E-state index contributed by atoms with van der Waals surface area (Å²) in [7, 11) is 1.33. The number of nitrogens with one attached hydrogen (secondary N) is 2. The molecular weight excluding hydrogens is 240 g/mol. The first-order chi connectivity index (χ1) is 8.20. The molecule has 2 heterocycles. The molecule has 7 heteroatoms. The number of hydrogen-bond acceptors (Lipinski definition) is 7. The van der Waals surface area contributed by atoms with Gasteiger partial charge in [-0.15, -0.1) is 0 Å². The highest BCUT2D eigenvalue weighted by Gasteiger charge is 2.19. The van der Waals surface area contributed by atoms with Crippen LogP contribution in [0.4, 0.5) is 10.9 Å². The van der Waals surface area contributed by atoms with Gasteiger partial charge in [0.1, 0.15) is 0 Å². The third-order valence-electron chi connectivity index (χ3n) is 2.65. The van der Waals surface area contributed by atoms with Crippen LogP contribution < -0.4 is 16.4 Å². The molecule has 1 aliphatic rings. The van der Waals surface area contributed by atoms with E-state index in [4.69, 9.17) is 5.73 Å². The van der Waals surface area contributed by atoms with Crippen LogP contribution in [0, 0.1) is 0 Å². The van der Waals surface area contributed by atoms with Crippen molar-refractivity contribution in [2.75, 3.05) is 31.2 Å². The summed E-state index contributed by atoms with van der Waals surface area (Å²) in [4.78, 5) is 15.9. The Kier molecular flexibility index (Phi) is 3.80. The Hall–Kier alpha value is -1.34. The van der Waals surface area contributed by atoms with Gasteiger partial charge in [0.2, 0.25) is 0 Å². The van der Waals surface area contributed by atoms with E-state index in [1.54, 1.807) is 0 Å². The summed E-state index contributed by atoms with van der Waals surface area (Å²) in [5.41, 5.74) is 5.67. The Labute approximate surface area is 104 Å². The summed E-state index contributed by atoms with van der Waals surface area (Å²) in [5.74, 6) is -0.206. The van der Waals surface area contributed by atoms with E-state index in [0.717, 1.165) is 25.9 Å². The second-order valence-electron chi connectivity index (χ2n) is 3.91. The zero-order valence-corrected chi connectivity index (χ0v) is 10.5. The molecule has 1 unspecified atom stereocenters. The highest BCUT2D eigenvalue weighted by Crippen LogP contribution is 2.26. The number of methoxy groups -OCH3 is 1. The number of esters is 1. The summed E-state index contributed by atoms with van der Waals surface area (Å²) in [6, 6.07) is 0.347. The lowest BCUT2D eigenvalue weighted by Crippen LogP contribution is -2.38. The Bertz CT molecular complexity index is 401. The molecule has 1 atom stereocenters. The molecule has 6 nitrogen and oxygen atoms in total. The second kappa shape index (κ2) is 5.33. The lowest BCUT2D eigenvalue weighted by Gasteiger charge is -2.23. The van der Waals surface area contributed by atoms with Gasteiger partial charge in [-0.1, -0.05) is 11.3 Å². The van der Waals surface area contributed by atoms with Crippen LogP contribution in [0.3, 0.4) is 0 Å². The standard InChI is InChI=1S/C10H16N4O2S/c1-16-9(15)7-8(11)14-10(17-7)13-6-3-2-4-12-5-6/h6,12H,2-5,11H2,1H3,(H,13,14). The van der Waals surface area contributed by atoms with Crippen molar-refractivity contribution >= 4 is 28.3 Å². The van der Waals surface area contributed by atoms with Gasteiger partial charge < -0.3 is 21.1 Å². The molecule has 1 aliphatic heterocycles. The molecule has 1 aromatic heterocycles. The number of anilines is 2. The summed E-state index contributed by atoms with van der Waals surface area (Å²) < 4.78 is 4.63. The van der Waals surface area contributed by atoms with Crippen LogP contribution in [-0.2, 0) is 4.74 Å². The van der Waals surface area contributed by atoms with Crippen LogP contribution in [0.15, 0.2) is 0 Å². The first kappa shape index (κ1) is 12.1. The lowest BCUT2D eigenvalue weighted by atomic mass is 10.1. The molecule has 0 saturated carbocycles. The van der Waals surface area contributed by atoms with Crippen LogP contribution in [0.5, 0.6) is 0 Å². The molecule has 0 amide bonds. The fraction of sp³-hybridized carbons (Fsp3) is 0.600. The molecule has 94 valence electrons. The number of aromatic nitrogens is 1. The minimum Gasteiger partial charge on any atom is -0.465 e. The molecule has 0 aromatic carbocycles. The lowest BCUT2D eigenvalue weighted by molar-refractivity contribution is 0.0607. The molecule has 0 radical (unpaired) electrons. The van der Waals surface area contributed by atoms with Crippen LogP contribution in [0.1, 0.15) is 22.5 Å². The largest absolute Gasteiger partial charge is 0.465 e. The van der Waals surface area contributed by atoms with Crippen molar-refractivity contribution in [3.8, 4) is 0 Å². The Balaban J connectivity index is 2.03. The molecule has 17 heavy (non-hydrogen) atoms. The molecular formula is C10H16N4O2S. The third-order valence-corrected chi connectivity index (χ3v) is 3.63. The van der Waals surface area contributed by atoms with Crippen LogP contribution in [0.2, 0.25) is 0 Å². The highest BCUT2D eigenvalue weighted by atomic mass is 32.1. The van der Waals surface area contributed by atoms with Crippen LogP contribution >= 0.6 is 11.3 Å². The van der Waals surface area contributed by atoms with Gasteiger partial charge in [0.25, 0.3) is 0 Å². The van der Waals surface area contributed by atoms with Crippen molar-refractivity contribution in [2.45, 2.75) is 18.9 Å². The van der Waals surface area contributed by atoms with Gasteiger partial charge in [-0.25, -0.2) is 9.78 Å². The number of nitrogen functional groups attached to an aromatic ring is 1. The molecule has 1 fully saturated rings. The number of rotatable bonds is 3. The normalized spacial score (nSPS) is 19.9. The Morgan fingerprint density at radius 2 is 2.53 bits per heavy atom. The number of hydrogen-bond donors (Lipinski definition) is 3. The van der Waals surface area contributed by atoms with Gasteiger partial charge in [-0.05, 0) is 19.4 Å². The van der Waals surface area contributed by atoms with Crippen LogP contribution in [-0.4, -0.2) is 37.2 Å². The summed E-state index contributed by atoms with van der Waals surface area (Å²) in [5, 5.41) is 7.26. The van der Waals surface area contributed by atoms with Crippen molar-refractivity contribution < 1.29 is 9.53 Å². The molecule has 1 saturated heterocycles. The number of piperidine rings is 1. The quantitative estimate of drug-likeness (QED) is 0.689. The summed E-state index contributed by atoms with van der Waals surface area (Å²) in [6.07, 6.45) is 2.24. The monoisotopic (exact) mass is 256 g/mol. The number of carbonyl (C=O) groups is 1. The molecule has 4 N–H and O–H groups in total. The van der Waals surface area contributed by atoms with Crippen molar-refractivity contribution in [1.29, 1.82) is 0 Å². The number of ether oxygens (including phenoxy) is 1. The van der Waals surface area contributed by atoms with Crippen molar-refractivity contribution in [3.63, 3.8) is 0 Å². The van der Waals surface area contributed by atoms with Crippen molar-refractivity contribution in [2.24, 2.45) is 0 Å². The van der Waals surface area contributed by atoms with E-state index in [1.165, 1.54) is 18.4 Å². The fourth-order valence-corrected chi connectivity index (χ4v) is 2.66. The minimum atomic E-state index is -0.435. The Morgan fingerprint density at radius 1 is 1.71 bits per heavy atom. The first-order valence-corrected chi connectivity index (χ1v) is 6.34. The highest BCUT2D eigenvalue weighted by molar-refractivity contribution is 7.17. The SMILES string of the molecule is COC(=O)c1sc(NC2CCCNC2)nc1N. The maximum atomic E-state index is 11.4. The predicted molar refractivity (Wildman–Crippen MR) is 67.4 cm³/mol. The predicted octanol–water partition coefficient (Wildman–Crippen LogP) is 0.676. The number of nitrogens with zero attached hydrogens (tertiary/aromatic N) is 1. The summed E-state index contributed by atoms with van der Waals surface area (Å²) >= 11 is 1.24. The van der Waals surface area contributed by atoms with Gasteiger partial charge in [-0.3, -0.25) is 0 Å². The number of thiazole rings is 1. The first-order valence-electron chi connectivity index (χ1n) is 5.52. The molecule has 0 aliphatic carbocycles. The van der Waals surface area contributed by atoms with Gasteiger partial charge in [-0.2, -0.15) is 0 Å². The van der Waals surface area contributed by atoms with Crippen molar-refractivity contribution in [1.82, 2.24) is 10.3 Å². The van der Waals surface area contributed by atoms with E-state index in [1.807, 2.05) is 0 Å². The van der Waals surface area contributed by atoms with Gasteiger partial charge >= 0.3 is 5.97 Å². The average molecular weight is 256 g/mol. The molecule has 0 bridgehead atoms. The van der Waals surface area contributed by atoms with E-state index in [-0.39, 0.29) is 5.82 Å². The molecule has 0 spiro atoms. The third kappa shape index (κ3) is 2.86. The van der Waals surface area contributed by atoms with E-state index >= 15 is 0 Å². The Morgan fingerprint density at radius 3 is 3.18 bits per heavy atom. The maximum Gasteiger partial charge on any atom is 0.351 e. The van der Waals surface area contributed by atoms with Crippen LogP contribution in [0.25, 0.3) is 0 Å².